The van der Waals surface area contributed by atoms with Crippen LogP contribution in [0.3, 0.4) is 0 Å². The number of alkyl carbamates (subject to hydrolysis) is 1. The van der Waals surface area contributed by atoms with E-state index in [2.05, 4.69) is 20.2 Å². The molecule has 1 saturated heterocycles. The lowest BCUT2D eigenvalue weighted by atomic mass is 10.1. The van der Waals surface area contributed by atoms with Crippen LogP contribution in [0.5, 0.6) is 17.2 Å². The molecule has 1 fully saturated rings. The predicted octanol–water partition coefficient (Wildman–Crippen LogP) is 6.85. The van der Waals surface area contributed by atoms with Crippen LogP contribution >= 0.6 is 11.6 Å². The Morgan fingerprint density at radius 2 is 1.50 bits per heavy atom. The van der Waals surface area contributed by atoms with Crippen molar-refractivity contribution >= 4 is 40.5 Å². The molecule has 1 aliphatic heterocycles. The van der Waals surface area contributed by atoms with Gasteiger partial charge in [-0.25, -0.2) is 14.4 Å². The molecule has 0 radical (unpaired) electrons. The van der Waals surface area contributed by atoms with Gasteiger partial charge in [0.05, 0.1) is 55.8 Å². The van der Waals surface area contributed by atoms with Gasteiger partial charge in [0, 0.05) is 38.1 Å². The smallest absolute Gasteiger partial charge is 0.407 e. The number of carbonyl (C=O) groups excluding carboxylic acids is 3. The monoisotopic (exact) mass is 801 g/mol. The number of nitrogens with zero attached hydrogens (tertiary/aromatic N) is 4. The molecule has 1 aliphatic rings. The average molecular weight is 802 g/mol. The fraction of sp³-hybridized carbons (Fsp3) is 0.610. The first-order valence-electron chi connectivity index (χ1n) is 19.5. The van der Waals surface area contributed by atoms with E-state index in [0.717, 1.165) is 63.0 Å². The molecule has 1 aromatic heterocycles. The molecule has 0 spiro atoms. The number of fused-ring (bicyclic) bond motifs is 1. The van der Waals surface area contributed by atoms with Crippen molar-refractivity contribution in [1.82, 2.24) is 24.9 Å². The molecule has 4 rings (SSSR count). The minimum absolute atomic E-state index is 0.208. The van der Waals surface area contributed by atoms with Crippen LogP contribution in [0.2, 0.25) is 5.02 Å². The van der Waals surface area contributed by atoms with Crippen LogP contribution in [-0.4, -0.2) is 123 Å². The number of aryl methyl sites for hydroxylation is 1. The van der Waals surface area contributed by atoms with Gasteiger partial charge < -0.3 is 43.5 Å². The summed E-state index contributed by atoms with van der Waals surface area (Å²) in [5, 5.41) is 8.58. The van der Waals surface area contributed by atoms with Gasteiger partial charge in [-0.2, -0.15) is 5.10 Å². The summed E-state index contributed by atoms with van der Waals surface area (Å²) in [5.74, 6) is 0.405. The molecule has 15 heteroatoms. The Kier molecular flexibility index (Phi) is 16.9. The third kappa shape index (κ3) is 13.4. The zero-order chi connectivity index (χ0) is 40.8. The van der Waals surface area contributed by atoms with Gasteiger partial charge in [-0.1, -0.05) is 25.4 Å². The molecule has 1 amide bonds. The third-order valence-electron chi connectivity index (χ3n) is 9.33. The second-order valence-corrected chi connectivity index (χ2v) is 15.8. The van der Waals surface area contributed by atoms with E-state index < -0.39 is 29.7 Å². The summed E-state index contributed by atoms with van der Waals surface area (Å²) < 4.78 is 35.2. The van der Waals surface area contributed by atoms with Crippen molar-refractivity contribution in [3.63, 3.8) is 0 Å². The summed E-state index contributed by atoms with van der Waals surface area (Å²) in [5.41, 5.74) is 0.872. The lowest BCUT2D eigenvalue weighted by molar-refractivity contribution is 0.0226. The Morgan fingerprint density at radius 1 is 0.839 bits per heavy atom. The molecule has 56 heavy (non-hydrogen) atoms. The van der Waals surface area contributed by atoms with E-state index in [1.54, 1.807) is 30.5 Å². The zero-order valence-corrected chi connectivity index (χ0v) is 35.0. The molecular weight excluding hydrogens is 742 g/mol. The molecule has 0 bridgehead atoms. The summed E-state index contributed by atoms with van der Waals surface area (Å²) >= 11 is 6.57. The minimum Gasteiger partial charge on any atom is -0.493 e. The van der Waals surface area contributed by atoms with Crippen LogP contribution in [0.25, 0.3) is 10.9 Å². The van der Waals surface area contributed by atoms with Gasteiger partial charge in [0.2, 0.25) is 5.75 Å². The van der Waals surface area contributed by atoms with Gasteiger partial charge in [-0.3, -0.25) is 4.68 Å². The first kappa shape index (κ1) is 44.4. The van der Waals surface area contributed by atoms with E-state index >= 15 is 0 Å². The molecular formula is C41H60ClN5O9. The number of hydrogen-bond acceptors (Lipinski definition) is 12. The lowest BCUT2D eigenvalue weighted by Gasteiger charge is -2.25. The summed E-state index contributed by atoms with van der Waals surface area (Å²) in [7, 11) is 4.51. The number of hydrogen-bond donors (Lipinski definition) is 1. The standard InChI is InChI=1S/C41H60ClN5O9/c1-28(2)27-54-38(48)29-22-33(42)32-26-44-47(34(32)23-29)18-9-12-31(55-39(49)30-24-35(51-6)37(53-8)36(25-30)52-7)13-19-46-17-11-16-45(20-21-46)15-10-14-43-40(50)56-41(3,4)5/h22-26,28,31H,9-21,27H2,1-8H3,(H,43,50). The number of ether oxygens (including phenoxy) is 6. The Bertz CT molecular complexity index is 1730. The highest BCUT2D eigenvalue weighted by molar-refractivity contribution is 6.35. The van der Waals surface area contributed by atoms with Crippen LogP contribution in [-0.2, 0) is 20.8 Å². The van der Waals surface area contributed by atoms with Crippen molar-refractivity contribution in [3.05, 3.63) is 46.6 Å². The van der Waals surface area contributed by atoms with E-state index in [1.165, 1.54) is 21.3 Å². The maximum Gasteiger partial charge on any atom is 0.407 e. The summed E-state index contributed by atoms with van der Waals surface area (Å²) in [6, 6.07) is 6.56. The predicted molar refractivity (Wildman–Crippen MR) is 215 cm³/mol. The minimum atomic E-state index is -0.522. The second-order valence-electron chi connectivity index (χ2n) is 15.4. The molecule has 1 unspecified atom stereocenters. The molecule has 14 nitrogen and oxygen atoms in total. The van der Waals surface area contributed by atoms with E-state index in [-0.39, 0.29) is 5.92 Å². The summed E-state index contributed by atoms with van der Waals surface area (Å²) in [6.45, 7) is 16.2. The average Bonchev–Trinajstić information content (AvgIpc) is 3.43. The SMILES string of the molecule is COc1cc(C(=O)OC(CCCn2ncc3c(Cl)cc(C(=O)OCC(C)C)cc32)CCN2CCCN(CCCNC(=O)OC(C)(C)C)CC2)cc(OC)c1OC. The molecule has 1 N–H and O–H groups in total. The van der Waals surface area contributed by atoms with Gasteiger partial charge >= 0.3 is 18.0 Å². The Labute approximate surface area is 336 Å². The first-order chi connectivity index (χ1) is 26.7. The quantitative estimate of drug-likeness (QED) is 0.0770. The highest BCUT2D eigenvalue weighted by Gasteiger charge is 2.24. The van der Waals surface area contributed by atoms with Crippen molar-refractivity contribution in [2.75, 3.05) is 73.7 Å². The molecule has 3 aromatic rings. The van der Waals surface area contributed by atoms with Gasteiger partial charge in [0.1, 0.15) is 11.7 Å². The Balaban J connectivity index is 1.41. The third-order valence-corrected chi connectivity index (χ3v) is 9.65. The van der Waals surface area contributed by atoms with Crippen LogP contribution < -0.4 is 19.5 Å². The lowest BCUT2D eigenvalue weighted by Crippen LogP contribution is -2.36. The number of methoxy groups -OCH3 is 3. The number of aromatic nitrogens is 2. The number of amides is 1. The molecule has 1 atom stereocenters. The topological polar surface area (TPSA) is 143 Å². The Morgan fingerprint density at radius 3 is 2.12 bits per heavy atom. The number of rotatable bonds is 19. The van der Waals surface area contributed by atoms with E-state index in [4.69, 9.17) is 40.0 Å². The number of nitrogens with one attached hydrogen (secondary N) is 1. The number of carbonyl (C=O) groups is 3. The van der Waals surface area contributed by atoms with Crippen LogP contribution in [0.1, 0.15) is 87.4 Å². The number of halogens is 1. The summed E-state index contributed by atoms with van der Waals surface area (Å²) in [6.07, 6.45) is 4.61. The molecule has 0 aliphatic carbocycles. The largest absolute Gasteiger partial charge is 0.493 e. The van der Waals surface area contributed by atoms with Gasteiger partial charge in [-0.05, 0) is 103 Å². The van der Waals surface area contributed by atoms with E-state index in [9.17, 15) is 14.4 Å². The summed E-state index contributed by atoms with van der Waals surface area (Å²) in [4.78, 5) is 43.3. The highest BCUT2D eigenvalue weighted by atomic mass is 35.5. The van der Waals surface area contributed by atoms with Gasteiger partial charge in [0.25, 0.3) is 0 Å². The van der Waals surface area contributed by atoms with Crippen molar-refractivity contribution < 1.29 is 42.8 Å². The Hall–Kier alpha value is -4.27. The van der Waals surface area contributed by atoms with Crippen molar-refractivity contribution in [1.29, 1.82) is 0 Å². The molecule has 2 heterocycles. The first-order valence-corrected chi connectivity index (χ1v) is 19.8. The zero-order valence-electron chi connectivity index (χ0n) is 34.3. The fourth-order valence-electron chi connectivity index (χ4n) is 6.51. The molecule has 310 valence electrons. The maximum atomic E-state index is 13.7. The van der Waals surface area contributed by atoms with Crippen molar-refractivity contribution in [2.45, 2.75) is 85.0 Å². The fourth-order valence-corrected chi connectivity index (χ4v) is 6.77. The highest BCUT2D eigenvalue weighted by Crippen LogP contribution is 2.38. The normalized spacial score (nSPS) is 14.6. The van der Waals surface area contributed by atoms with Crippen molar-refractivity contribution in [2.24, 2.45) is 5.92 Å². The second kappa shape index (κ2) is 21.3. The maximum absolute atomic E-state index is 13.7. The van der Waals surface area contributed by atoms with E-state index in [1.807, 2.05) is 39.3 Å². The molecule has 2 aromatic carbocycles. The van der Waals surface area contributed by atoms with Crippen LogP contribution in [0.4, 0.5) is 4.79 Å². The molecule has 0 saturated carbocycles. The van der Waals surface area contributed by atoms with Crippen LogP contribution in [0, 0.1) is 5.92 Å². The number of esters is 2. The van der Waals surface area contributed by atoms with Crippen LogP contribution in [0.15, 0.2) is 30.5 Å². The number of benzene rings is 2. The van der Waals surface area contributed by atoms with Gasteiger partial charge in [-0.15, -0.1) is 0 Å². The van der Waals surface area contributed by atoms with Gasteiger partial charge in [0.15, 0.2) is 11.5 Å². The van der Waals surface area contributed by atoms with E-state index in [0.29, 0.717) is 72.4 Å². The van der Waals surface area contributed by atoms with Crippen molar-refractivity contribution in [3.8, 4) is 17.2 Å².